The van der Waals surface area contributed by atoms with E-state index in [4.69, 9.17) is 16.3 Å². The Kier molecular flexibility index (Phi) is 7.38. The van der Waals surface area contributed by atoms with Crippen LogP contribution in [0.3, 0.4) is 0 Å². The average molecular weight is 385 g/mol. The van der Waals surface area contributed by atoms with Gasteiger partial charge in [0.15, 0.2) is 6.10 Å². The number of hydrogen-bond acceptors (Lipinski definition) is 4. The number of carbonyl (C=O) groups is 3. The lowest BCUT2D eigenvalue weighted by molar-refractivity contribution is -0.153. The Balaban J connectivity index is 1.80. The SMILES string of the molecule is CC(OC(=O)Cc1c(F)cccc1Cl)C(=O)NC(=O)NC1CCCCC1. The van der Waals surface area contributed by atoms with Crippen molar-refractivity contribution in [1.82, 2.24) is 10.6 Å². The minimum Gasteiger partial charge on any atom is -0.452 e. The molecule has 1 aliphatic carbocycles. The van der Waals surface area contributed by atoms with Crippen molar-refractivity contribution in [3.05, 3.63) is 34.6 Å². The Morgan fingerprint density at radius 1 is 1.27 bits per heavy atom. The van der Waals surface area contributed by atoms with Gasteiger partial charge in [-0.15, -0.1) is 0 Å². The van der Waals surface area contributed by atoms with E-state index in [0.717, 1.165) is 32.1 Å². The molecular formula is C18H22ClFN2O4. The number of rotatable bonds is 5. The van der Waals surface area contributed by atoms with Crippen LogP contribution in [0.2, 0.25) is 5.02 Å². The van der Waals surface area contributed by atoms with Gasteiger partial charge in [0, 0.05) is 16.6 Å². The fourth-order valence-electron chi connectivity index (χ4n) is 2.82. The lowest BCUT2D eigenvalue weighted by atomic mass is 9.96. The Labute approximate surface area is 156 Å². The Morgan fingerprint density at radius 2 is 1.96 bits per heavy atom. The number of esters is 1. The van der Waals surface area contributed by atoms with Crippen LogP contribution in [0, 0.1) is 5.82 Å². The van der Waals surface area contributed by atoms with E-state index in [9.17, 15) is 18.8 Å². The highest BCUT2D eigenvalue weighted by Gasteiger charge is 2.23. The van der Waals surface area contributed by atoms with E-state index in [0.29, 0.717) is 0 Å². The summed E-state index contributed by atoms with van der Waals surface area (Å²) in [5.41, 5.74) is 0.00168. The molecule has 3 amide bonds. The zero-order chi connectivity index (χ0) is 19.1. The van der Waals surface area contributed by atoms with E-state index < -0.39 is 36.2 Å². The van der Waals surface area contributed by atoms with Crippen molar-refractivity contribution >= 4 is 29.5 Å². The van der Waals surface area contributed by atoms with Crippen molar-refractivity contribution in [2.75, 3.05) is 0 Å². The summed E-state index contributed by atoms with van der Waals surface area (Å²) in [4.78, 5) is 35.7. The summed E-state index contributed by atoms with van der Waals surface area (Å²) in [7, 11) is 0. The number of imide groups is 1. The summed E-state index contributed by atoms with van der Waals surface area (Å²) < 4.78 is 18.6. The third-order valence-electron chi connectivity index (χ3n) is 4.24. The topological polar surface area (TPSA) is 84.5 Å². The van der Waals surface area contributed by atoms with E-state index in [1.165, 1.54) is 25.1 Å². The molecule has 1 unspecified atom stereocenters. The lowest BCUT2D eigenvalue weighted by Gasteiger charge is -2.23. The molecule has 1 atom stereocenters. The predicted octanol–water partition coefficient (Wildman–Crippen LogP) is 3.11. The maximum absolute atomic E-state index is 13.7. The molecule has 0 bridgehead atoms. The van der Waals surface area contributed by atoms with Crippen LogP contribution in [0.25, 0.3) is 0 Å². The molecule has 1 aromatic carbocycles. The number of carbonyl (C=O) groups excluding carboxylic acids is 3. The summed E-state index contributed by atoms with van der Waals surface area (Å²) in [6.45, 7) is 1.34. The second-order valence-electron chi connectivity index (χ2n) is 6.31. The first-order valence-corrected chi connectivity index (χ1v) is 8.98. The van der Waals surface area contributed by atoms with E-state index in [-0.39, 0.29) is 16.6 Å². The van der Waals surface area contributed by atoms with Crippen molar-refractivity contribution in [2.24, 2.45) is 0 Å². The molecule has 0 spiro atoms. The van der Waals surface area contributed by atoms with Crippen LogP contribution < -0.4 is 10.6 Å². The van der Waals surface area contributed by atoms with Crippen molar-refractivity contribution in [3.63, 3.8) is 0 Å². The normalized spacial score (nSPS) is 15.8. The van der Waals surface area contributed by atoms with Gasteiger partial charge < -0.3 is 10.1 Å². The van der Waals surface area contributed by atoms with E-state index >= 15 is 0 Å². The van der Waals surface area contributed by atoms with Crippen molar-refractivity contribution in [2.45, 2.75) is 57.6 Å². The van der Waals surface area contributed by atoms with Crippen molar-refractivity contribution in [1.29, 1.82) is 0 Å². The monoisotopic (exact) mass is 384 g/mol. The summed E-state index contributed by atoms with van der Waals surface area (Å²) in [6, 6.07) is 3.51. The van der Waals surface area contributed by atoms with Gasteiger partial charge in [0.2, 0.25) is 0 Å². The highest BCUT2D eigenvalue weighted by Crippen LogP contribution is 2.20. The second-order valence-corrected chi connectivity index (χ2v) is 6.71. The molecule has 26 heavy (non-hydrogen) atoms. The van der Waals surface area contributed by atoms with Crippen LogP contribution in [0.5, 0.6) is 0 Å². The molecule has 1 aliphatic rings. The molecule has 8 heteroatoms. The zero-order valence-corrected chi connectivity index (χ0v) is 15.3. The first-order valence-electron chi connectivity index (χ1n) is 8.60. The van der Waals surface area contributed by atoms with Gasteiger partial charge >= 0.3 is 12.0 Å². The molecule has 2 rings (SSSR count). The zero-order valence-electron chi connectivity index (χ0n) is 14.5. The predicted molar refractivity (Wildman–Crippen MR) is 94.2 cm³/mol. The smallest absolute Gasteiger partial charge is 0.321 e. The molecule has 6 nitrogen and oxygen atoms in total. The molecule has 0 aliphatic heterocycles. The Morgan fingerprint density at radius 3 is 2.62 bits per heavy atom. The number of hydrogen-bond donors (Lipinski definition) is 2. The molecule has 1 aromatic rings. The van der Waals surface area contributed by atoms with Crippen molar-refractivity contribution in [3.8, 4) is 0 Å². The van der Waals surface area contributed by atoms with Gasteiger partial charge in [-0.3, -0.25) is 14.9 Å². The Bertz CT molecular complexity index is 657. The summed E-state index contributed by atoms with van der Waals surface area (Å²) in [5.74, 6) is -2.18. The summed E-state index contributed by atoms with van der Waals surface area (Å²) in [5, 5.41) is 4.99. The Hall–Kier alpha value is -2.15. The number of halogens is 2. The molecule has 1 fully saturated rings. The van der Waals surface area contributed by atoms with Crippen LogP contribution in [0.1, 0.15) is 44.6 Å². The van der Waals surface area contributed by atoms with E-state index in [2.05, 4.69) is 10.6 Å². The molecule has 0 saturated heterocycles. The van der Waals surface area contributed by atoms with Gasteiger partial charge in [-0.2, -0.15) is 0 Å². The molecule has 1 saturated carbocycles. The minimum atomic E-state index is -1.19. The fourth-order valence-corrected chi connectivity index (χ4v) is 3.05. The van der Waals surface area contributed by atoms with Gasteiger partial charge in [0.1, 0.15) is 5.82 Å². The maximum atomic E-state index is 13.7. The first-order chi connectivity index (χ1) is 12.4. The molecular weight excluding hydrogens is 363 g/mol. The third-order valence-corrected chi connectivity index (χ3v) is 4.59. The van der Waals surface area contributed by atoms with Crippen LogP contribution in [-0.4, -0.2) is 30.1 Å². The van der Waals surface area contributed by atoms with Gasteiger partial charge in [-0.05, 0) is 31.9 Å². The van der Waals surface area contributed by atoms with Crippen LogP contribution >= 0.6 is 11.6 Å². The van der Waals surface area contributed by atoms with E-state index in [1.54, 1.807) is 0 Å². The maximum Gasteiger partial charge on any atom is 0.321 e. The summed E-state index contributed by atoms with van der Waals surface area (Å²) >= 11 is 5.85. The summed E-state index contributed by atoms with van der Waals surface area (Å²) in [6.07, 6.45) is 3.42. The largest absolute Gasteiger partial charge is 0.452 e. The number of amides is 3. The van der Waals surface area contributed by atoms with E-state index in [1.807, 2.05) is 0 Å². The molecule has 0 heterocycles. The van der Waals surface area contributed by atoms with Gasteiger partial charge in [-0.25, -0.2) is 9.18 Å². The fraction of sp³-hybridized carbons (Fsp3) is 0.500. The first kappa shape index (κ1) is 20.2. The standard InChI is InChI=1S/C18H22ClFN2O4/c1-11(17(24)22-18(25)21-12-6-3-2-4-7-12)26-16(23)10-13-14(19)8-5-9-15(13)20/h5,8-9,11-12H,2-4,6-7,10H2,1H3,(H2,21,22,24,25). The number of benzene rings is 1. The second kappa shape index (κ2) is 9.52. The van der Waals surface area contributed by atoms with Gasteiger partial charge in [0.05, 0.1) is 6.42 Å². The quantitative estimate of drug-likeness (QED) is 0.764. The highest BCUT2D eigenvalue weighted by atomic mass is 35.5. The molecule has 2 N–H and O–H groups in total. The van der Waals surface area contributed by atoms with Crippen LogP contribution in [0.15, 0.2) is 18.2 Å². The number of nitrogens with one attached hydrogen (secondary N) is 2. The average Bonchev–Trinajstić information content (AvgIpc) is 2.59. The molecule has 142 valence electrons. The third kappa shape index (κ3) is 5.98. The number of ether oxygens (including phenoxy) is 1. The minimum absolute atomic E-state index is 0.00168. The van der Waals surface area contributed by atoms with Gasteiger partial charge in [-0.1, -0.05) is 36.9 Å². The lowest BCUT2D eigenvalue weighted by Crippen LogP contribution is -2.48. The van der Waals surface area contributed by atoms with Crippen LogP contribution in [0.4, 0.5) is 9.18 Å². The molecule has 0 radical (unpaired) electrons. The van der Waals surface area contributed by atoms with Crippen LogP contribution in [-0.2, 0) is 20.7 Å². The number of urea groups is 1. The van der Waals surface area contributed by atoms with Gasteiger partial charge in [0.25, 0.3) is 5.91 Å². The highest BCUT2D eigenvalue weighted by molar-refractivity contribution is 6.31. The van der Waals surface area contributed by atoms with Crippen molar-refractivity contribution < 1.29 is 23.5 Å². The molecule has 0 aromatic heterocycles.